The minimum Gasteiger partial charge on any atom is -0.291 e. The fourth-order valence-electron chi connectivity index (χ4n) is 1.88. The van der Waals surface area contributed by atoms with Crippen LogP contribution in [-0.2, 0) is 0 Å². The van der Waals surface area contributed by atoms with Crippen LogP contribution in [0.25, 0.3) is 0 Å². The van der Waals surface area contributed by atoms with Gasteiger partial charge in [0.05, 0.1) is 5.69 Å². The highest BCUT2D eigenvalue weighted by Crippen LogP contribution is 2.38. The molecular formula is C14H26N2. The fourth-order valence-corrected chi connectivity index (χ4v) is 1.88. The lowest BCUT2D eigenvalue weighted by Crippen LogP contribution is -2.17. The second-order valence-electron chi connectivity index (χ2n) is 3.50. The number of nitrogens with zero attached hydrogens (tertiary/aromatic N) is 2. The van der Waals surface area contributed by atoms with Crippen molar-refractivity contribution < 1.29 is 0 Å². The number of hydrogen-bond acceptors (Lipinski definition) is 2. The zero-order valence-corrected chi connectivity index (χ0v) is 11.8. The van der Waals surface area contributed by atoms with E-state index in [2.05, 4.69) is 36.8 Å². The third kappa shape index (κ3) is 2.82. The van der Waals surface area contributed by atoms with Crippen LogP contribution in [0.4, 0.5) is 0 Å². The van der Waals surface area contributed by atoms with Crippen LogP contribution >= 0.6 is 0 Å². The highest BCUT2D eigenvalue weighted by Gasteiger charge is 2.30. The van der Waals surface area contributed by atoms with Gasteiger partial charge in [0.25, 0.3) is 0 Å². The molecule has 1 aromatic rings. The lowest BCUT2D eigenvalue weighted by atomic mass is 10.1. The summed E-state index contributed by atoms with van der Waals surface area (Å²) in [5.41, 5.74) is 2.63. The third-order valence-corrected chi connectivity index (χ3v) is 2.94. The molecule has 2 heteroatoms. The van der Waals surface area contributed by atoms with E-state index in [0.29, 0.717) is 12.1 Å². The second-order valence-corrected chi connectivity index (χ2v) is 3.50. The van der Waals surface area contributed by atoms with Crippen molar-refractivity contribution in [1.29, 1.82) is 0 Å². The monoisotopic (exact) mass is 222 g/mol. The maximum atomic E-state index is 4.40. The second kappa shape index (κ2) is 7.39. The molecule has 0 spiro atoms. The summed E-state index contributed by atoms with van der Waals surface area (Å²) in [6, 6.07) is 5.17. The van der Waals surface area contributed by atoms with E-state index in [4.69, 9.17) is 0 Å². The van der Waals surface area contributed by atoms with Gasteiger partial charge in [0.1, 0.15) is 0 Å². The standard InChI is InChI=1S/C10H14N2.2C2H6/c1-7-9-5-4-6-11-10(9)8(2)12(7)3;2*1-2/h4-8H,1-3H3;2*1-2H3. The third-order valence-electron chi connectivity index (χ3n) is 2.94. The van der Waals surface area contributed by atoms with Crippen LogP contribution in [0, 0.1) is 0 Å². The van der Waals surface area contributed by atoms with E-state index < -0.39 is 0 Å². The van der Waals surface area contributed by atoms with Gasteiger partial charge in [-0.3, -0.25) is 9.88 Å². The molecule has 16 heavy (non-hydrogen) atoms. The molecule has 1 aromatic heterocycles. The van der Waals surface area contributed by atoms with Crippen LogP contribution in [0.2, 0.25) is 0 Å². The van der Waals surface area contributed by atoms with Crippen LogP contribution in [0.3, 0.4) is 0 Å². The summed E-state index contributed by atoms with van der Waals surface area (Å²) in [4.78, 5) is 6.74. The van der Waals surface area contributed by atoms with Crippen molar-refractivity contribution in [2.24, 2.45) is 0 Å². The van der Waals surface area contributed by atoms with Crippen molar-refractivity contribution in [3.05, 3.63) is 29.6 Å². The predicted molar refractivity (Wildman–Crippen MR) is 71.5 cm³/mol. The van der Waals surface area contributed by atoms with E-state index in [-0.39, 0.29) is 0 Å². The molecular weight excluding hydrogens is 196 g/mol. The molecule has 0 bridgehead atoms. The van der Waals surface area contributed by atoms with Gasteiger partial charge in [0.15, 0.2) is 0 Å². The minimum absolute atomic E-state index is 0.469. The Morgan fingerprint density at radius 1 is 1.06 bits per heavy atom. The average Bonchev–Trinajstić information content (AvgIpc) is 2.60. The Kier molecular flexibility index (Phi) is 6.98. The first kappa shape index (κ1) is 15.1. The molecule has 0 aliphatic carbocycles. The van der Waals surface area contributed by atoms with E-state index >= 15 is 0 Å². The van der Waals surface area contributed by atoms with Crippen LogP contribution in [0.15, 0.2) is 18.3 Å². The molecule has 1 aliphatic rings. The molecule has 0 saturated carbocycles. The van der Waals surface area contributed by atoms with Crippen LogP contribution in [0.5, 0.6) is 0 Å². The first-order valence-corrected chi connectivity index (χ1v) is 6.38. The van der Waals surface area contributed by atoms with E-state index in [9.17, 15) is 0 Å². The molecule has 1 aliphatic heterocycles. The molecule has 2 atom stereocenters. The summed E-state index contributed by atoms with van der Waals surface area (Å²) in [6.45, 7) is 12.4. The van der Waals surface area contributed by atoms with Crippen LogP contribution in [-0.4, -0.2) is 16.9 Å². The van der Waals surface area contributed by atoms with Gasteiger partial charge in [-0.25, -0.2) is 0 Å². The molecule has 0 N–H and O–H groups in total. The van der Waals surface area contributed by atoms with Crippen LogP contribution in [0.1, 0.15) is 64.9 Å². The summed E-state index contributed by atoms with van der Waals surface area (Å²) < 4.78 is 0. The molecule has 0 fully saturated rings. The number of aromatic nitrogens is 1. The number of rotatable bonds is 0. The maximum absolute atomic E-state index is 4.40. The lowest BCUT2D eigenvalue weighted by Gasteiger charge is -2.19. The molecule has 2 rings (SSSR count). The Morgan fingerprint density at radius 3 is 2.12 bits per heavy atom. The number of fused-ring (bicyclic) bond motifs is 1. The van der Waals surface area contributed by atoms with E-state index in [1.54, 1.807) is 0 Å². The van der Waals surface area contributed by atoms with Crippen molar-refractivity contribution in [1.82, 2.24) is 9.88 Å². The Labute approximate surface area is 101 Å². The molecule has 0 amide bonds. The maximum Gasteiger partial charge on any atom is 0.0620 e. The summed E-state index contributed by atoms with van der Waals surface area (Å²) in [6.07, 6.45) is 1.88. The van der Waals surface area contributed by atoms with Gasteiger partial charge in [-0.2, -0.15) is 0 Å². The zero-order chi connectivity index (χ0) is 12.7. The van der Waals surface area contributed by atoms with E-state index in [1.165, 1.54) is 11.3 Å². The molecule has 0 saturated heterocycles. The van der Waals surface area contributed by atoms with Crippen molar-refractivity contribution in [3.63, 3.8) is 0 Å². The van der Waals surface area contributed by atoms with Gasteiger partial charge in [-0.05, 0) is 32.5 Å². The van der Waals surface area contributed by atoms with Crippen molar-refractivity contribution in [2.45, 2.75) is 53.6 Å². The normalized spacial score (nSPS) is 22.4. The molecule has 2 unspecified atom stereocenters. The minimum atomic E-state index is 0.469. The topological polar surface area (TPSA) is 16.1 Å². The number of pyridine rings is 1. The zero-order valence-electron chi connectivity index (χ0n) is 11.8. The SMILES string of the molecule is CC.CC.CC1c2cccnc2C(C)N1C. The van der Waals surface area contributed by atoms with Crippen molar-refractivity contribution in [3.8, 4) is 0 Å². The van der Waals surface area contributed by atoms with E-state index in [0.717, 1.165) is 0 Å². The first-order valence-electron chi connectivity index (χ1n) is 6.38. The fraction of sp³-hybridized carbons (Fsp3) is 0.643. The quantitative estimate of drug-likeness (QED) is 0.654. The van der Waals surface area contributed by atoms with Gasteiger partial charge < -0.3 is 0 Å². The van der Waals surface area contributed by atoms with Crippen LogP contribution < -0.4 is 0 Å². The molecule has 0 radical (unpaired) electrons. The Bertz CT molecular complexity index is 268. The molecule has 92 valence electrons. The van der Waals surface area contributed by atoms with Crippen molar-refractivity contribution >= 4 is 0 Å². The van der Waals surface area contributed by atoms with Gasteiger partial charge in [0.2, 0.25) is 0 Å². The predicted octanol–water partition coefficient (Wildman–Crippen LogP) is 4.20. The summed E-state index contributed by atoms with van der Waals surface area (Å²) >= 11 is 0. The number of hydrogen-bond donors (Lipinski definition) is 0. The lowest BCUT2D eigenvalue weighted by molar-refractivity contribution is 0.231. The smallest absolute Gasteiger partial charge is 0.0620 e. The summed E-state index contributed by atoms with van der Waals surface area (Å²) in [5.74, 6) is 0. The largest absolute Gasteiger partial charge is 0.291 e. The molecule has 0 aromatic carbocycles. The Morgan fingerprint density at radius 2 is 1.62 bits per heavy atom. The van der Waals surface area contributed by atoms with Gasteiger partial charge >= 0.3 is 0 Å². The summed E-state index contributed by atoms with van der Waals surface area (Å²) in [5, 5.41) is 0. The Hall–Kier alpha value is -0.890. The van der Waals surface area contributed by atoms with Gasteiger partial charge in [-0.1, -0.05) is 33.8 Å². The highest BCUT2D eigenvalue weighted by atomic mass is 15.2. The Balaban J connectivity index is 0.000000509. The summed E-state index contributed by atoms with van der Waals surface area (Å²) in [7, 11) is 2.15. The van der Waals surface area contributed by atoms with Gasteiger partial charge in [-0.15, -0.1) is 0 Å². The first-order chi connectivity index (χ1) is 7.72. The van der Waals surface area contributed by atoms with Crippen molar-refractivity contribution in [2.75, 3.05) is 7.05 Å². The van der Waals surface area contributed by atoms with E-state index in [1.807, 2.05) is 40.0 Å². The highest BCUT2D eigenvalue weighted by molar-refractivity contribution is 5.30. The van der Waals surface area contributed by atoms with Gasteiger partial charge in [0, 0.05) is 18.3 Å². The molecule has 2 nitrogen and oxygen atoms in total. The average molecular weight is 222 g/mol. The molecule has 2 heterocycles.